The number of hydrogen-bond acceptors (Lipinski definition) is 2. The first kappa shape index (κ1) is 10.0. The molecular weight excluding hydrogens is 185 g/mol. The van der Waals surface area contributed by atoms with Gasteiger partial charge in [0.2, 0.25) is 0 Å². The third-order valence-corrected chi connectivity index (χ3v) is 1.70. The maximum absolute atomic E-state index is 11.9. The van der Waals surface area contributed by atoms with Crippen LogP contribution in [-0.4, -0.2) is 26.9 Å². The number of imidazole rings is 1. The summed E-state index contributed by atoms with van der Waals surface area (Å²) in [5, 5.41) is 8.72. The molecule has 0 aliphatic heterocycles. The van der Waals surface area contributed by atoms with E-state index in [9.17, 15) is 13.2 Å². The summed E-state index contributed by atoms with van der Waals surface area (Å²) in [5.74, 6) is 0. The van der Waals surface area contributed by atoms with Crippen LogP contribution in [0.3, 0.4) is 0 Å². The normalized spacial score (nSPS) is 14.5. The molecule has 1 unspecified atom stereocenters. The van der Waals surface area contributed by atoms with E-state index in [0.29, 0.717) is 5.69 Å². The number of nitrogens with zero attached hydrogens (tertiary/aromatic N) is 2. The van der Waals surface area contributed by atoms with Gasteiger partial charge in [-0.15, -0.1) is 0 Å². The summed E-state index contributed by atoms with van der Waals surface area (Å²) >= 11 is 0. The molecule has 6 heteroatoms. The number of aryl methyl sites for hydroxylation is 1. The second kappa shape index (κ2) is 3.37. The van der Waals surface area contributed by atoms with Crippen LogP contribution in [0, 0.1) is 0 Å². The maximum atomic E-state index is 11.9. The van der Waals surface area contributed by atoms with Gasteiger partial charge in [-0.25, -0.2) is 4.98 Å². The van der Waals surface area contributed by atoms with Gasteiger partial charge in [-0.2, -0.15) is 13.2 Å². The Morgan fingerprint density at radius 2 is 2.23 bits per heavy atom. The smallest absolute Gasteiger partial charge is 0.383 e. The highest BCUT2D eigenvalue weighted by Gasteiger charge is 2.38. The molecule has 1 N–H and O–H groups in total. The first-order valence-electron chi connectivity index (χ1n) is 3.61. The van der Waals surface area contributed by atoms with Crippen LogP contribution < -0.4 is 0 Å². The summed E-state index contributed by atoms with van der Waals surface area (Å²) in [6.45, 7) is 0. The summed E-state index contributed by atoms with van der Waals surface area (Å²) in [5.41, 5.74) is 0.352. The molecule has 1 aromatic rings. The van der Waals surface area contributed by atoms with E-state index in [2.05, 4.69) is 4.98 Å². The Balaban J connectivity index is 2.65. The fraction of sp³-hybridized carbons (Fsp3) is 0.571. The number of aliphatic hydroxyl groups is 1. The molecule has 74 valence electrons. The fourth-order valence-corrected chi connectivity index (χ4v) is 0.895. The van der Waals surface area contributed by atoms with Crippen molar-refractivity contribution >= 4 is 0 Å². The van der Waals surface area contributed by atoms with Crippen LogP contribution in [-0.2, 0) is 13.5 Å². The van der Waals surface area contributed by atoms with E-state index in [0.717, 1.165) is 0 Å². The first-order valence-corrected chi connectivity index (χ1v) is 3.61. The Kier molecular flexibility index (Phi) is 2.60. The Morgan fingerprint density at radius 3 is 2.62 bits per heavy atom. The topological polar surface area (TPSA) is 38.0 Å². The molecule has 0 aliphatic rings. The molecule has 1 rings (SSSR count). The van der Waals surface area contributed by atoms with Gasteiger partial charge in [0.25, 0.3) is 0 Å². The monoisotopic (exact) mass is 194 g/mol. The third kappa shape index (κ3) is 2.45. The lowest BCUT2D eigenvalue weighted by molar-refractivity contribution is -0.203. The zero-order valence-electron chi connectivity index (χ0n) is 6.91. The lowest BCUT2D eigenvalue weighted by Gasteiger charge is -2.13. The van der Waals surface area contributed by atoms with Crippen LogP contribution in [0.25, 0.3) is 0 Å². The standard InChI is InChI=1S/C7H9F3N2O/c1-12-4-11-3-5(12)2-6(13)7(8,9)10/h3-4,6,13H,2H2,1H3. The Hall–Kier alpha value is -1.04. The Labute approximate surface area is 72.8 Å². The number of aliphatic hydroxyl groups excluding tert-OH is 1. The van der Waals surface area contributed by atoms with Gasteiger partial charge < -0.3 is 9.67 Å². The van der Waals surface area contributed by atoms with E-state index >= 15 is 0 Å². The molecule has 13 heavy (non-hydrogen) atoms. The highest BCUT2D eigenvalue weighted by Crippen LogP contribution is 2.22. The fourth-order valence-electron chi connectivity index (χ4n) is 0.895. The van der Waals surface area contributed by atoms with Gasteiger partial charge in [0.05, 0.1) is 6.33 Å². The van der Waals surface area contributed by atoms with E-state index < -0.39 is 18.7 Å². The van der Waals surface area contributed by atoms with Crippen molar-refractivity contribution in [1.29, 1.82) is 0 Å². The Morgan fingerprint density at radius 1 is 1.62 bits per heavy atom. The summed E-state index contributed by atoms with van der Waals surface area (Å²) < 4.78 is 37.1. The van der Waals surface area contributed by atoms with E-state index in [1.165, 1.54) is 17.1 Å². The van der Waals surface area contributed by atoms with Gasteiger partial charge in [-0.05, 0) is 0 Å². The SMILES string of the molecule is Cn1cncc1CC(O)C(F)(F)F. The van der Waals surface area contributed by atoms with Crippen molar-refractivity contribution in [2.75, 3.05) is 0 Å². The summed E-state index contributed by atoms with van der Waals surface area (Å²) in [6.07, 6.45) is -4.65. The predicted octanol–water partition coefficient (Wildman–Crippen LogP) is 0.886. The highest BCUT2D eigenvalue weighted by atomic mass is 19.4. The second-order valence-corrected chi connectivity index (χ2v) is 2.76. The van der Waals surface area contributed by atoms with Gasteiger partial charge in [0, 0.05) is 25.4 Å². The van der Waals surface area contributed by atoms with Gasteiger partial charge >= 0.3 is 6.18 Å². The predicted molar refractivity (Wildman–Crippen MR) is 39.0 cm³/mol. The van der Waals surface area contributed by atoms with E-state index in [1.807, 2.05) is 0 Å². The zero-order valence-corrected chi connectivity index (χ0v) is 6.91. The van der Waals surface area contributed by atoms with Crippen molar-refractivity contribution in [2.45, 2.75) is 18.7 Å². The van der Waals surface area contributed by atoms with Crippen LogP contribution in [0.4, 0.5) is 13.2 Å². The zero-order chi connectivity index (χ0) is 10.1. The molecule has 0 aromatic carbocycles. The van der Waals surface area contributed by atoms with E-state index in [4.69, 9.17) is 5.11 Å². The van der Waals surface area contributed by atoms with Gasteiger partial charge in [0.1, 0.15) is 0 Å². The number of alkyl halides is 3. The number of hydrogen-bond donors (Lipinski definition) is 1. The molecular formula is C7H9F3N2O. The third-order valence-electron chi connectivity index (χ3n) is 1.70. The summed E-state index contributed by atoms with van der Waals surface area (Å²) in [6, 6.07) is 0. The van der Waals surface area contributed by atoms with Crippen molar-refractivity contribution in [3.63, 3.8) is 0 Å². The average molecular weight is 194 g/mol. The van der Waals surface area contributed by atoms with E-state index in [-0.39, 0.29) is 0 Å². The van der Waals surface area contributed by atoms with Crippen LogP contribution in [0.2, 0.25) is 0 Å². The lowest BCUT2D eigenvalue weighted by atomic mass is 10.2. The van der Waals surface area contributed by atoms with Crippen LogP contribution in [0.15, 0.2) is 12.5 Å². The minimum atomic E-state index is -4.57. The van der Waals surface area contributed by atoms with Gasteiger partial charge in [-0.3, -0.25) is 0 Å². The molecule has 0 amide bonds. The van der Waals surface area contributed by atoms with Crippen molar-refractivity contribution in [3.05, 3.63) is 18.2 Å². The second-order valence-electron chi connectivity index (χ2n) is 2.76. The van der Waals surface area contributed by atoms with Crippen LogP contribution in [0.5, 0.6) is 0 Å². The van der Waals surface area contributed by atoms with Crippen molar-refractivity contribution in [3.8, 4) is 0 Å². The Bertz CT molecular complexity index is 282. The number of halogens is 3. The molecule has 0 bridgehead atoms. The summed E-state index contributed by atoms with van der Waals surface area (Å²) in [7, 11) is 1.57. The molecule has 1 aromatic heterocycles. The molecule has 1 heterocycles. The molecule has 0 spiro atoms. The minimum absolute atomic E-state index is 0.352. The van der Waals surface area contributed by atoms with Crippen molar-refractivity contribution in [1.82, 2.24) is 9.55 Å². The maximum Gasteiger partial charge on any atom is 0.414 e. The van der Waals surface area contributed by atoms with Crippen molar-refractivity contribution in [2.24, 2.45) is 7.05 Å². The molecule has 0 radical (unpaired) electrons. The lowest BCUT2D eigenvalue weighted by Crippen LogP contribution is -2.31. The molecule has 0 fully saturated rings. The molecule has 0 saturated carbocycles. The molecule has 0 saturated heterocycles. The van der Waals surface area contributed by atoms with E-state index in [1.54, 1.807) is 7.05 Å². The molecule has 0 aliphatic carbocycles. The first-order chi connectivity index (χ1) is 5.91. The average Bonchev–Trinajstić information content (AvgIpc) is 2.34. The highest BCUT2D eigenvalue weighted by molar-refractivity contribution is 5.00. The van der Waals surface area contributed by atoms with Crippen molar-refractivity contribution < 1.29 is 18.3 Å². The van der Waals surface area contributed by atoms with Gasteiger partial charge in [0.15, 0.2) is 6.10 Å². The quantitative estimate of drug-likeness (QED) is 0.759. The number of aromatic nitrogens is 2. The number of rotatable bonds is 2. The van der Waals surface area contributed by atoms with Crippen LogP contribution >= 0.6 is 0 Å². The molecule has 3 nitrogen and oxygen atoms in total. The van der Waals surface area contributed by atoms with Crippen LogP contribution in [0.1, 0.15) is 5.69 Å². The largest absolute Gasteiger partial charge is 0.414 e. The summed E-state index contributed by atoms with van der Waals surface area (Å²) in [4.78, 5) is 3.64. The van der Waals surface area contributed by atoms with Gasteiger partial charge in [-0.1, -0.05) is 0 Å². The molecule has 1 atom stereocenters. The minimum Gasteiger partial charge on any atom is -0.383 e.